The molecule has 13 heavy (non-hydrogen) atoms. The third-order valence-corrected chi connectivity index (χ3v) is 2.69. The van der Waals surface area contributed by atoms with E-state index >= 15 is 0 Å². The van der Waals surface area contributed by atoms with Gasteiger partial charge in [0, 0.05) is 18.9 Å². The van der Waals surface area contributed by atoms with Crippen molar-refractivity contribution in [2.45, 2.75) is 26.4 Å². The highest BCUT2D eigenvalue weighted by Crippen LogP contribution is 2.12. The van der Waals surface area contributed by atoms with Gasteiger partial charge in [-0.3, -0.25) is 0 Å². The smallest absolute Gasteiger partial charge is 0.143 e. The molecule has 0 bridgehead atoms. The molecule has 0 aliphatic rings. The summed E-state index contributed by atoms with van der Waals surface area (Å²) >= 11 is 7.18. The number of nitrogens with zero attached hydrogens (tertiary/aromatic N) is 2. The van der Waals surface area contributed by atoms with Gasteiger partial charge in [-0.25, -0.2) is 0 Å². The predicted octanol–water partition coefficient (Wildman–Crippen LogP) is 2.25. The maximum atomic E-state index is 5.57. The molecule has 0 atom stereocenters. The van der Waals surface area contributed by atoms with Crippen LogP contribution in [-0.2, 0) is 17.8 Å². The van der Waals surface area contributed by atoms with Gasteiger partial charge in [-0.15, -0.1) is 21.8 Å². The van der Waals surface area contributed by atoms with Crippen molar-refractivity contribution in [1.82, 2.24) is 10.2 Å². The van der Waals surface area contributed by atoms with Crippen molar-refractivity contribution in [1.29, 1.82) is 0 Å². The van der Waals surface area contributed by atoms with Crippen LogP contribution in [0.1, 0.15) is 23.4 Å². The fraction of sp³-hybridized carbons (Fsp3) is 0.750. The van der Waals surface area contributed by atoms with E-state index in [4.69, 9.17) is 16.3 Å². The van der Waals surface area contributed by atoms with Crippen LogP contribution in [0.3, 0.4) is 0 Å². The van der Waals surface area contributed by atoms with Crippen LogP contribution >= 0.6 is 22.9 Å². The van der Waals surface area contributed by atoms with Gasteiger partial charge in [-0.2, -0.15) is 0 Å². The Morgan fingerprint density at radius 1 is 1.38 bits per heavy atom. The number of hydrogen-bond acceptors (Lipinski definition) is 4. The molecule has 5 heteroatoms. The molecule has 1 aromatic heterocycles. The Kier molecular flexibility index (Phi) is 5.27. The first kappa shape index (κ1) is 10.9. The maximum Gasteiger partial charge on any atom is 0.143 e. The molecule has 0 N–H and O–H groups in total. The van der Waals surface area contributed by atoms with Crippen LogP contribution in [0.15, 0.2) is 0 Å². The Labute approximate surface area is 87.1 Å². The molecule has 0 amide bonds. The zero-order chi connectivity index (χ0) is 9.52. The van der Waals surface area contributed by atoms with Crippen molar-refractivity contribution in [3.8, 4) is 0 Å². The Balaban J connectivity index is 2.34. The van der Waals surface area contributed by atoms with Gasteiger partial charge in [0.25, 0.3) is 0 Å². The number of alkyl halides is 1. The molecule has 0 aliphatic carbocycles. The quantitative estimate of drug-likeness (QED) is 0.690. The predicted molar refractivity (Wildman–Crippen MR) is 54.3 cm³/mol. The van der Waals surface area contributed by atoms with E-state index in [1.54, 1.807) is 11.3 Å². The first-order chi connectivity index (χ1) is 6.36. The fourth-order valence-electron chi connectivity index (χ4n) is 0.855. The summed E-state index contributed by atoms with van der Waals surface area (Å²) < 4.78 is 5.22. The second kappa shape index (κ2) is 6.29. The normalized spacial score (nSPS) is 10.6. The molecule has 0 unspecified atom stereocenters. The Morgan fingerprint density at radius 2 is 2.15 bits per heavy atom. The van der Waals surface area contributed by atoms with Gasteiger partial charge < -0.3 is 4.74 Å². The van der Waals surface area contributed by atoms with E-state index in [1.807, 2.05) is 6.92 Å². The van der Waals surface area contributed by atoms with Gasteiger partial charge in [0.2, 0.25) is 0 Å². The van der Waals surface area contributed by atoms with Crippen molar-refractivity contribution in [3.63, 3.8) is 0 Å². The largest absolute Gasteiger partial charge is 0.374 e. The standard InChI is InChI=1S/C8H13ClN2OS/c1-2-12-6-8-11-10-7(13-8)4-3-5-9/h2-6H2,1H3. The summed E-state index contributed by atoms with van der Waals surface area (Å²) in [5.74, 6) is 0.681. The van der Waals surface area contributed by atoms with Crippen LogP contribution in [0.2, 0.25) is 0 Å². The first-order valence-electron chi connectivity index (χ1n) is 4.31. The summed E-state index contributed by atoms with van der Waals surface area (Å²) in [6.07, 6.45) is 1.89. The van der Waals surface area contributed by atoms with Crippen molar-refractivity contribution in [2.24, 2.45) is 0 Å². The van der Waals surface area contributed by atoms with Gasteiger partial charge in [0.05, 0.1) is 0 Å². The van der Waals surface area contributed by atoms with E-state index in [2.05, 4.69) is 10.2 Å². The monoisotopic (exact) mass is 220 g/mol. The van der Waals surface area contributed by atoms with Crippen molar-refractivity contribution >= 4 is 22.9 Å². The van der Waals surface area contributed by atoms with E-state index in [-0.39, 0.29) is 0 Å². The average molecular weight is 221 g/mol. The number of halogens is 1. The highest BCUT2D eigenvalue weighted by atomic mass is 35.5. The maximum absolute atomic E-state index is 5.57. The number of aromatic nitrogens is 2. The van der Waals surface area contributed by atoms with Gasteiger partial charge in [-0.1, -0.05) is 11.3 Å². The van der Waals surface area contributed by atoms with E-state index in [1.165, 1.54) is 0 Å². The van der Waals surface area contributed by atoms with Crippen molar-refractivity contribution in [3.05, 3.63) is 10.0 Å². The third-order valence-electron chi connectivity index (χ3n) is 1.46. The van der Waals surface area contributed by atoms with Crippen LogP contribution < -0.4 is 0 Å². The average Bonchev–Trinajstić information content (AvgIpc) is 2.59. The number of rotatable bonds is 6. The Hall–Kier alpha value is -0.190. The van der Waals surface area contributed by atoms with E-state index in [9.17, 15) is 0 Å². The highest BCUT2D eigenvalue weighted by molar-refractivity contribution is 7.11. The zero-order valence-corrected chi connectivity index (χ0v) is 9.20. The first-order valence-corrected chi connectivity index (χ1v) is 5.67. The van der Waals surface area contributed by atoms with E-state index < -0.39 is 0 Å². The molecule has 0 saturated carbocycles. The van der Waals surface area contributed by atoms with E-state index in [0.717, 1.165) is 29.5 Å². The lowest BCUT2D eigenvalue weighted by Crippen LogP contribution is -1.90. The molecule has 3 nitrogen and oxygen atoms in total. The molecular weight excluding hydrogens is 208 g/mol. The second-order valence-corrected chi connectivity index (χ2v) is 4.04. The number of aryl methyl sites for hydroxylation is 1. The number of ether oxygens (including phenoxy) is 1. The third kappa shape index (κ3) is 4.02. The van der Waals surface area contributed by atoms with Gasteiger partial charge in [-0.05, 0) is 13.3 Å². The van der Waals surface area contributed by atoms with Crippen LogP contribution in [0.4, 0.5) is 0 Å². The fourth-order valence-corrected chi connectivity index (χ4v) is 1.81. The second-order valence-electron chi connectivity index (χ2n) is 2.52. The van der Waals surface area contributed by atoms with Crippen molar-refractivity contribution in [2.75, 3.05) is 12.5 Å². The molecule has 0 saturated heterocycles. The van der Waals surface area contributed by atoms with Crippen LogP contribution in [0.25, 0.3) is 0 Å². The molecule has 1 rings (SSSR count). The lowest BCUT2D eigenvalue weighted by atomic mass is 10.4. The lowest BCUT2D eigenvalue weighted by molar-refractivity contribution is 0.133. The molecule has 1 aromatic rings. The van der Waals surface area contributed by atoms with Crippen LogP contribution in [-0.4, -0.2) is 22.7 Å². The molecule has 0 spiro atoms. The summed E-state index contributed by atoms with van der Waals surface area (Å²) in [6.45, 7) is 3.26. The Bertz CT molecular complexity index is 219. The lowest BCUT2D eigenvalue weighted by Gasteiger charge is -1.93. The summed E-state index contributed by atoms with van der Waals surface area (Å²) in [4.78, 5) is 0. The summed E-state index contributed by atoms with van der Waals surface area (Å²) in [5, 5.41) is 10.0. The molecule has 74 valence electrons. The van der Waals surface area contributed by atoms with Crippen molar-refractivity contribution < 1.29 is 4.74 Å². The van der Waals surface area contributed by atoms with E-state index in [0.29, 0.717) is 12.5 Å². The van der Waals surface area contributed by atoms with Gasteiger partial charge >= 0.3 is 0 Å². The molecular formula is C8H13ClN2OS. The summed E-state index contributed by atoms with van der Waals surface area (Å²) in [5.41, 5.74) is 0. The summed E-state index contributed by atoms with van der Waals surface area (Å²) in [7, 11) is 0. The minimum Gasteiger partial charge on any atom is -0.374 e. The molecule has 0 radical (unpaired) electrons. The number of hydrogen-bond donors (Lipinski definition) is 0. The molecule has 0 fully saturated rings. The zero-order valence-electron chi connectivity index (χ0n) is 7.62. The van der Waals surface area contributed by atoms with Gasteiger partial charge in [0.15, 0.2) is 0 Å². The Morgan fingerprint density at radius 3 is 2.85 bits per heavy atom. The minimum atomic E-state index is 0.578. The topological polar surface area (TPSA) is 35.0 Å². The van der Waals surface area contributed by atoms with Crippen LogP contribution in [0, 0.1) is 0 Å². The van der Waals surface area contributed by atoms with Gasteiger partial charge in [0.1, 0.15) is 16.6 Å². The highest BCUT2D eigenvalue weighted by Gasteiger charge is 2.02. The SMILES string of the molecule is CCOCc1nnc(CCCCl)s1. The molecule has 1 heterocycles. The molecule has 0 aromatic carbocycles. The van der Waals surface area contributed by atoms with Crippen LogP contribution in [0.5, 0.6) is 0 Å². The molecule has 0 aliphatic heterocycles. The summed E-state index contributed by atoms with van der Waals surface area (Å²) in [6, 6.07) is 0. The minimum absolute atomic E-state index is 0.578.